The van der Waals surface area contributed by atoms with Gasteiger partial charge >= 0.3 is 11.9 Å². The molecule has 0 aliphatic rings. The summed E-state index contributed by atoms with van der Waals surface area (Å²) in [6.45, 7) is 1.86. The van der Waals surface area contributed by atoms with Gasteiger partial charge in [0.25, 0.3) is 5.91 Å². The number of nitrogen functional groups attached to an aromatic ring is 1. The number of esters is 2. The summed E-state index contributed by atoms with van der Waals surface area (Å²) in [5.41, 5.74) is 6.47. The fourth-order valence-corrected chi connectivity index (χ4v) is 2.73. The molecule has 0 aromatic carbocycles. The molecule has 0 aliphatic carbocycles. The van der Waals surface area contributed by atoms with Gasteiger partial charge in [0.05, 0.1) is 18.5 Å². The zero-order valence-electron chi connectivity index (χ0n) is 16.9. The third-order valence-corrected chi connectivity index (χ3v) is 4.07. The largest absolute Gasteiger partial charge is 0.460 e. The minimum absolute atomic E-state index is 0.00529. The first-order valence-corrected chi connectivity index (χ1v) is 8.88. The Bertz CT molecular complexity index is 1120. The summed E-state index contributed by atoms with van der Waals surface area (Å²) in [6.07, 6.45) is 4.44. The summed E-state index contributed by atoms with van der Waals surface area (Å²) in [7, 11) is 4.83. The van der Waals surface area contributed by atoms with Crippen molar-refractivity contribution in [3.8, 4) is 5.88 Å². The molecule has 3 heterocycles. The van der Waals surface area contributed by atoms with Crippen molar-refractivity contribution in [1.82, 2.24) is 23.7 Å². The lowest BCUT2D eigenvalue weighted by molar-refractivity contribution is 0.0505. The molecule has 1 amide bonds. The molecule has 30 heavy (non-hydrogen) atoms. The first-order valence-electron chi connectivity index (χ1n) is 8.88. The molecule has 0 saturated carbocycles. The monoisotopic (exact) mass is 415 g/mol. The number of imidazole rings is 2. The van der Waals surface area contributed by atoms with Crippen LogP contribution >= 0.6 is 0 Å². The Morgan fingerprint density at radius 3 is 2.30 bits per heavy atom. The number of amides is 1. The van der Waals surface area contributed by atoms with Gasteiger partial charge in [-0.25, -0.2) is 14.6 Å². The third kappa shape index (κ3) is 4.16. The smallest absolute Gasteiger partial charge is 0.381 e. The molecule has 3 aromatic rings. The van der Waals surface area contributed by atoms with E-state index in [-0.39, 0.29) is 30.0 Å². The van der Waals surface area contributed by atoms with E-state index in [1.165, 1.54) is 27.6 Å². The molecule has 3 aromatic heterocycles. The van der Waals surface area contributed by atoms with Crippen LogP contribution in [0.5, 0.6) is 5.88 Å². The van der Waals surface area contributed by atoms with Gasteiger partial charge in [-0.05, 0) is 13.0 Å². The Morgan fingerprint density at radius 2 is 1.67 bits per heavy atom. The molecular weight excluding hydrogens is 394 g/mol. The number of aromatic nitrogens is 5. The highest BCUT2D eigenvalue weighted by Gasteiger charge is 2.22. The first-order chi connectivity index (χ1) is 14.2. The molecule has 0 saturated heterocycles. The van der Waals surface area contributed by atoms with Crippen LogP contribution < -0.4 is 15.8 Å². The van der Waals surface area contributed by atoms with E-state index in [0.29, 0.717) is 11.4 Å². The van der Waals surface area contributed by atoms with Gasteiger partial charge in [0.1, 0.15) is 5.69 Å². The maximum Gasteiger partial charge on any atom is 0.381 e. The Morgan fingerprint density at radius 1 is 1.00 bits per heavy atom. The van der Waals surface area contributed by atoms with E-state index >= 15 is 0 Å². The van der Waals surface area contributed by atoms with Crippen molar-refractivity contribution in [2.75, 3.05) is 17.7 Å². The molecule has 3 rings (SSSR count). The summed E-state index contributed by atoms with van der Waals surface area (Å²) >= 11 is 0. The number of hydrogen-bond acceptors (Lipinski definition) is 8. The van der Waals surface area contributed by atoms with Crippen LogP contribution in [0.15, 0.2) is 24.7 Å². The van der Waals surface area contributed by atoms with Crippen molar-refractivity contribution < 1.29 is 23.9 Å². The van der Waals surface area contributed by atoms with Crippen LogP contribution in [0.3, 0.4) is 0 Å². The quantitative estimate of drug-likeness (QED) is 0.560. The van der Waals surface area contributed by atoms with E-state index in [1.54, 1.807) is 38.8 Å². The molecule has 0 fully saturated rings. The number of carbonyl (C=O) groups excluding carboxylic acids is 3. The van der Waals surface area contributed by atoms with Gasteiger partial charge in [-0.1, -0.05) is 0 Å². The topological polar surface area (TPSA) is 148 Å². The van der Waals surface area contributed by atoms with Gasteiger partial charge < -0.3 is 34.2 Å². The van der Waals surface area contributed by atoms with Crippen molar-refractivity contribution in [1.29, 1.82) is 0 Å². The predicted octanol–water partition coefficient (Wildman–Crippen LogP) is 0.722. The summed E-state index contributed by atoms with van der Waals surface area (Å²) in [4.78, 5) is 44.7. The van der Waals surface area contributed by atoms with E-state index in [2.05, 4.69) is 15.3 Å². The fourth-order valence-electron chi connectivity index (χ4n) is 2.73. The van der Waals surface area contributed by atoms with Crippen LogP contribution in [0.25, 0.3) is 0 Å². The Labute approximate surface area is 171 Å². The Kier molecular flexibility index (Phi) is 5.58. The molecule has 12 nitrogen and oxygen atoms in total. The number of nitrogens with zero attached hydrogens (tertiary/aromatic N) is 5. The average molecular weight is 415 g/mol. The van der Waals surface area contributed by atoms with E-state index < -0.39 is 17.8 Å². The van der Waals surface area contributed by atoms with Crippen molar-refractivity contribution >= 4 is 29.4 Å². The maximum atomic E-state index is 12.5. The number of carbonyl (C=O) groups is 3. The molecule has 0 radical (unpaired) electrons. The van der Waals surface area contributed by atoms with Crippen molar-refractivity contribution in [3.63, 3.8) is 0 Å². The second kappa shape index (κ2) is 8.11. The van der Waals surface area contributed by atoms with Crippen LogP contribution in [-0.2, 0) is 25.9 Å². The summed E-state index contributed by atoms with van der Waals surface area (Å²) in [5.74, 6) is -1.88. The Balaban J connectivity index is 1.73. The number of anilines is 2. The molecule has 0 bridgehead atoms. The molecule has 0 unspecified atom stereocenters. The second-order valence-electron chi connectivity index (χ2n) is 6.41. The standard InChI is InChI=1S/C18H21N7O5/c1-5-29-17(27)14-22-13(9-25(14)4)30-18(28)15-20-12(8-24(15)3)21-16(26)11-6-10(19)7-23(11)2/h6-9H,5,19H2,1-4H3,(H,21,26). The zero-order valence-corrected chi connectivity index (χ0v) is 16.9. The van der Waals surface area contributed by atoms with E-state index in [4.69, 9.17) is 15.2 Å². The van der Waals surface area contributed by atoms with Gasteiger partial charge in [-0.3, -0.25) is 4.79 Å². The van der Waals surface area contributed by atoms with Crippen LogP contribution in [0.1, 0.15) is 38.7 Å². The zero-order chi connectivity index (χ0) is 22.0. The lowest BCUT2D eigenvalue weighted by Crippen LogP contribution is -2.16. The van der Waals surface area contributed by atoms with Gasteiger partial charge in [-0.15, -0.1) is 0 Å². The highest BCUT2D eigenvalue weighted by molar-refractivity contribution is 6.03. The number of nitrogens with one attached hydrogen (secondary N) is 1. The van der Waals surface area contributed by atoms with Crippen LogP contribution in [0, 0.1) is 0 Å². The van der Waals surface area contributed by atoms with Crippen molar-refractivity contribution in [2.45, 2.75) is 6.92 Å². The summed E-state index contributed by atoms with van der Waals surface area (Å²) < 4.78 is 14.4. The highest BCUT2D eigenvalue weighted by Crippen LogP contribution is 2.16. The van der Waals surface area contributed by atoms with E-state index in [0.717, 1.165) is 0 Å². The predicted molar refractivity (Wildman–Crippen MR) is 105 cm³/mol. The normalized spacial score (nSPS) is 10.7. The molecular formula is C18H21N7O5. The lowest BCUT2D eigenvalue weighted by Gasteiger charge is -2.02. The third-order valence-electron chi connectivity index (χ3n) is 4.07. The van der Waals surface area contributed by atoms with E-state index in [1.807, 2.05) is 0 Å². The van der Waals surface area contributed by atoms with Crippen LogP contribution in [0.4, 0.5) is 11.5 Å². The lowest BCUT2D eigenvalue weighted by atomic mass is 10.4. The maximum absolute atomic E-state index is 12.5. The molecule has 3 N–H and O–H groups in total. The average Bonchev–Trinajstić information content (AvgIpc) is 3.31. The van der Waals surface area contributed by atoms with Crippen LogP contribution in [-0.4, -0.2) is 48.1 Å². The van der Waals surface area contributed by atoms with Gasteiger partial charge in [0, 0.05) is 33.5 Å². The number of ether oxygens (including phenoxy) is 2. The summed E-state index contributed by atoms with van der Waals surface area (Å²) in [5, 5.41) is 2.60. The molecule has 0 atom stereocenters. The SMILES string of the molecule is CCOC(=O)c1nc(OC(=O)c2nc(NC(=O)c3cc(N)cn3C)cn2C)cn1C. The number of nitrogens with two attached hydrogens (primary N) is 1. The first kappa shape index (κ1) is 20.6. The van der Waals surface area contributed by atoms with Crippen molar-refractivity contribution in [2.24, 2.45) is 21.1 Å². The minimum Gasteiger partial charge on any atom is -0.460 e. The minimum atomic E-state index is -0.811. The molecule has 158 valence electrons. The fraction of sp³-hybridized carbons (Fsp3) is 0.278. The van der Waals surface area contributed by atoms with Crippen LogP contribution in [0.2, 0.25) is 0 Å². The molecule has 12 heteroatoms. The number of hydrogen-bond donors (Lipinski definition) is 2. The van der Waals surface area contributed by atoms with Crippen molar-refractivity contribution in [3.05, 3.63) is 42.0 Å². The van der Waals surface area contributed by atoms with Gasteiger partial charge in [0.15, 0.2) is 5.82 Å². The number of rotatable bonds is 6. The van der Waals surface area contributed by atoms with E-state index in [9.17, 15) is 14.4 Å². The van der Waals surface area contributed by atoms with Gasteiger partial charge in [0.2, 0.25) is 17.5 Å². The summed E-state index contributed by atoms with van der Waals surface area (Å²) in [6, 6.07) is 1.52. The Hall–Kier alpha value is -4.09. The second-order valence-corrected chi connectivity index (χ2v) is 6.41. The highest BCUT2D eigenvalue weighted by atomic mass is 16.5. The molecule has 0 aliphatic heterocycles. The van der Waals surface area contributed by atoms with Gasteiger partial charge in [-0.2, -0.15) is 4.98 Å². The number of aryl methyl sites for hydroxylation is 3. The molecule has 0 spiro atoms.